The molecule has 76 valence electrons. The molecule has 0 unspecified atom stereocenters. The SMILES string of the molecule is Cc1ccnc(N(CCN)C2CC2)c1. The van der Waals surface area contributed by atoms with Crippen LogP contribution in [0.25, 0.3) is 0 Å². The normalized spacial score (nSPS) is 15.6. The Hall–Kier alpha value is -1.09. The molecule has 0 bridgehead atoms. The molecule has 0 amide bonds. The van der Waals surface area contributed by atoms with E-state index < -0.39 is 0 Å². The van der Waals surface area contributed by atoms with Crippen LogP contribution in [0.4, 0.5) is 5.82 Å². The summed E-state index contributed by atoms with van der Waals surface area (Å²) in [5.41, 5.74) is 6.86. The van der Waals surface area contributed by atoms with Crippen molar-refractivity contribution >= 4 is 5.82 Å². The van der Waals surface area contributed by atoms with Gasteiger partial charge in [0.2, 0.25) is 0 Å². The Balaban J connectivity index is 2.16. The van der Waals surface area contributed by atoms with Gasteiger partial charge in [0.05, 0.1) is 0 Å². The molecular weight excluding hydrogens is 174 g/mol. The molecule has 1 aliphatic rings. The van der Waals surface area contributed by atoms with Crippen molar-refractivity contribution in [1.82, 2.24) is 4.98 Å². The van der Waals surface area contributed by atoms with Gasteiger partial charge >= 0.3 is 0 Å². The molecule has 2 N–H and O–H groups in total. The van der Waals surface area contributed by atoms with Gasteiger partial charge in [-0.15, -0.1) is 0 Å². The lowest BCUT2D eigenvalue weighted by Gasteiger charge is -2.22. The van der Waals surface area contributed by atoms with E-state index in [9.17, 15) is 0 Å². The van der Waals surface area contributed by atoms with Crippen LogP contribution in [0, 0.1) is 6.92 Å². The highest BCUT2D eigenvalue weighted by molar-refractivity contribution is 5.43. The number of anilines is 1. The molecule has 3 heteroatoms. The minimum absolute atomic E-state index is 0.688. The first kappa shape index (κ1) is 9.46. The number of hydrogen-bond donors (Lipinski definition) is 1. The summed E-state index contributed by atoms with van der Waals surface area (Å²) in [5.74, 6) is 1.08. The Labute approximate surface area is 84.9 Å². The smallest absolute Gasteiger partial charge is 0.129 e. The minimum atomic E-state index is 0.688. The van der Waals surface area contributed by atoms with Crippen LogP contribution in [0.2, 0.25) is 0 Å². The van der Waals surface area contributed by atoms with Crippen molar-refractivity contribution < 1.29 is 0 Å². The van der Waals surface area contributed by atoms with Crippen LogP contribution < -0.4 is 10.6 Å². The number of pyridine rings is 1. The number of aryl methyl sites for hydroxylation is 1. The fraction of sp³-hybridized carbons (Fsp3) is 0.545. The zero-order chi connectivity index (χ0) is 9.97. The topological polar surface area (TPSA) is 42.2 Å². The molecule has 0 radical (unpaired) electrons. The predicted octanol–water partition coefficient (Wildman–Crippen LogP) is 1.32. The number of aromatic nitrogens is 1. The van der Waals surface area contributed by atoms with Gasteiger partial charge in [-0.1, -0.05) is 0 Å². The Kier molecular flexibility index (Phi) is 2.68. The first-order valence-corrected chi connectivity index (χ1v) is 5.20. The number of hydrogen-bond acceptors (Lipinski definition) is 3. The zero-order valence-electron chi connectivity index (χ0n) is 8.61. The fourth-order valence-corrected chi connectivity index (χ4v) is 1.69. The summed E-state index contributed by atoms with van der Waals surface area (Å²) >= 11 is 0. The maximum Gasteiger partial charge on any atom is 0.129 e. The number of nitrogens with two attached hydrogens (primary N) is 1. The molecule has 1 saturated carbocycles. The van der Waals surface area contributed by atoms with Gasteiger partial charge in [0.15, 0.2) is 0 Å². The lowest BCUT2D eigenvalue weighted by Crippen LogP contribution is -2.32. The summed E-state index contributed by atoms with van der Waals surface area (Å²) in [4.78, 5) is 6.72. The monoisotopic (exact) mass is 191 g/mol. The van der Waals surface area contributed by atoms with Crippen molar-refractivity contribution in [3.8, 4) is 0 Å². The maximum absolute atomic E-state index is 5.60. The van der Waals surface area contributed by atoms with Crippen molar-refractivity contribution in [1.29, 1.82) is 0 Å². The molecule has 0 spiro atoms. The quantitative estimate of drug-likeness (QED) is 0.780. The van der Waals surface area contributed by atoms with Gasteiger partial charge < -0.3 is 10.6 Å². The molecule has 1 aromatic rings. The van der Waals surface area contributed by atoms with Crippen LogP contribution >= 0.6 is 0 Å². The lowest BCUT2D eigenvalue weighted by molar-refractivity contribution is 0.771. The summed E-state index contributed by atoms with van der Waals surface area (Å²) in [5, 5.41) is 0. The van der Waals surface area contributed by atoms with Crippen LogP contribution in [0.15, 0.2) is 18.3 Å². The molecule has 0 saturated heterocycles. The molecule has 1 heterocycles. The largest absolute Gasteiger partial charge is 0.352 e. The molecule has 1 aromatic heterocycles. The van der Waals surface area contributed by atoms with Crippen LogP contribution in [0.3, 0.4) is 0 Å². The number of nitrogens with zero attached hydrogens (tertiary/aromatic N) is 2. The van der Waals surface area contributed by atoms with Crippen molar-refractivity contribution in [2.45, 2.75) is 25.8 Å². The minimum Gasteiger partial charge on any atom is -0.352 e. The molecule has 0 atom stereocenters. The van der Waals surface area contributed by atoms with E-state index in [1.165, 1.54) is 18.4 Å². The van der Waals surface area contributed by atoms with Crippen molar-refractivity contribution in [2.24, 2.45) is 5.73 Å². The summed E-state index contributed by atoms with van der Waals surface area (Å²) in [6.45, 7) is 3.71. The molecule has 14 heavy (non-hydrogen) atoms. The third kappa shape index (κ3) is 2.04. The van der Waals surface area contributed by atoms with Crippen LogP contribution in [-0.4, -0.2) is 24.1 Å². The second-order valence-corrected chi connectivity index (χ2v) is 3.90. The van der Waals surface area contributed by atoms with Crippen molar-refractivity contribution in [3.05, 3.63) is 23.9 Å². The Bertz CT molecular complexity index is 307. The highest BCUT2D eigenvalue weighted by Gasteiger charge is 2.29. The van der Waals surface area contributed by atoms with Gasteiger partial charge in [-0.2, -0.15) is 0 Å². The van der Waals surface area contributed by atoms with Gasteiger partial charge in [-0.3, -0.25) is 0 Å². The van der Waals surface area contributed by atoms with Crippen molar-refractivity contribution in [2.75, 3.05) is 18.0 Å². The average Bonchev–Trinajstić information content (AvgIpc) is 2.97. The van der Waals surface area contributed by atoms with Gasteiger partial charge in [-0.25, -0.2) is 4.98 Å². The highest BCUT2D eigenvalue weighted by Crippen LogP contribution is 2.30. The van der Waals surface area contributed by atoms with E-state index in [1.807, 2.05) is 12.3 Å². The van der Waals surface area contributed by atoms with Gasteiger partial charge in [-0.05, 0) is 37.5 Å². The van der Waals surface area contributed by atoms with E-state index in [0.29, 0.717) is 12.6 Å². The molecule has 0 aromatic carbocycles. The van der Waals surface area contributed by atoms with Gasteiger partial charge in [0.1, 0.15) is 5.82 Å². The van der Waals surface area contributed by atoms with E-state index >= 15 is 0 Å². The summed E-state index contributed by atoms with van der Waals surface area (Å²) in [6.07, 6.45) is 4.45. The highest BCUT2D eigenvalue weighted by atomic mass is 15.2. The van der Waals surface area contributed by atoms with E-state index in [-0.39, 0.29) is 0 Å². The first-order valence-electron chi connectivity index (χ1n) is 5.20. The number of rotatable bonds is 4. The lowest BCUT2D eigenvalue weighted by atomic mass is 10.3. The second-order valence-electron chi connectivity index (χ2n) is 3.90. The van der Waals surface area contributed by atoms with Crippen LogP contribution in [0.1, 0.15) is 18.4 Å². The Morgan fingerprint density at radius 3 is 2.93 bits per heavy atom. The van der Waals surface area contributed by atoms with E-state index in [0.717, 1.165) is 12.4 Å². The average molecular weight is 191 g/mol. The third-order valence-corrected chi connectivity index (χ3v) is 2.55. The molecule has 3 nitrogen and oxygen atoms in total. The zero-order valence-corrected chi connectivity index (χ0v) is 8.61. The molecule has 1 aliphatic carbocycles. The molecule has 2 rings (SSSR count). The Morgan fingerprint density at radius 2 is 2.36 bits per heavy atom. The molecule has 1 fully saturated rings. The van der Waals surface area contributed by atoms with E-state index in [2.05, 4.69) is 22.9 Å². The van der Waals surface area contributed by atoms with Crippen LogP contribution in [0.5, 0.6) is 0 Å². The summed E-state index contributed by atoms with van der Waals surface area (Å²) in [7, 11) is 0. The predicted molar refractivity (Wildman–Crippen MR) is 58.4 cm³/mol. The summed E-state index contributed by atoms with van der Waals surface area (Å²) < 4.78 is 0. The van der Waals surface area contributed by atoms with E-state index in [4.69, 9.17) is 5.73 Å². The standard InChI is InChI=1S/C11H17N3/c1-9-4-6-13-11(8-9)14(7-5-12)10-2-3-10/h4,6,8,10H,2-3,5,7,12H2,1H3. The van der Waals surface area contributed by atoms with Gasteiger partial charge in [0.25, 0.3) is 0 Å². The second kappa shape index (κ2) is 3.96. The summed E-state index contributed by atoms with van der Waals surface area (Å²) in [6, 6.07) is 4.85. The van der Waals surface area contributed by atoms with Gasteiger partial charge in [0, 0.05) is 25.3 Å². The maximum atomic E-state index is 5.60. The fourth-order valence-electron chi connectivity index (χ4n) is 1.69. The van der Waals surface area contributed by atoms with Crippen molar-refractivity contribution in [3.63, 3.8) is 0 Å². The van der Waals surface area contributed by atoms with Crippen LogP contribution in [-0.2, 0) is 0 Å². The van der Waals surface area contributed by atoms with E-state index in [1.54, 1.807) is 0 Å². The Morgan fingerprint density at radius 1 is 1.57 bits per heavy atom. The first-order chi connectivity index (χ1) is 6.81. The molecule has 0 aliphatic heterocycles. The molecular formula is C11H17N3. The third-order valence-electron chi connectivity index (χ3n) is 2.55.